The number of nitrogens with one attached hydrogen (secondary N) is 1. The molecular weight excluding hydrogens is 329 g/mol. The molecule has 2 rings (SSSR count). The fourth-order valence-corrected chi connectivity index (χ4v) is 3.38. The van der Waals surface area contributed by atoms with Crippen molar-refractivity contribution in [2.24, 2.45) is 0 Å². The average molecular weight is 343 g/mol. The number of rotatable bonds is 5. The predicted molar refractivity (Wildman–Crippen MR) is 80.0 cm³/mol. The summed E-state index contributed by atoms with van der Waals surface area (Å²) in [6.07, 6.45) is 1.04. The second kappa shape index (κ2) is 6.15. The summed E-state index contributed by atoms with van der Waals surface area (Å²) in [6.45, 7) is 0.0104. The quantitative estimate of drug-likeness (QED) is 0.896. The Balaban J connectivity index is 2.15. The van der Waals surface area contributed by atoms with E-state index in [0.717, 1.165) is 6.26 Å². The van der Waals surface area contributed by atoms with E-state index in [0.29, 0.717) is 5.56 Å². The molecule has 0 unspecified atom stereocenters. The van der Waals surface area contributed by atoms with Gasteiger partial charge in [-0.3, -0.25) is 0 Å². The summed E-state index contributed by atoms with van der Waals surface area (Å²) in [7, 11) is -7.14. The Kier molecular flexibility index (Phi) is 4.64. The van der Waals surface area contributed by atoms with Gasteiger partial charge in [0.25, 0.3) is 0 Å². The third-order valence-corrected chi connectivity index (χ3v) is 5.49. The van der Waals surface area contributed by atoms with Gasteiger partial charge >= 0.3 is 0 Å². The van der Waals surface area contributed by atoms with E-state index in [1.165, 1.54) is 48.5 Å². The van der Waals surface area contributed by atoms with Crippen LogP contribution in [0.1, 0.15) is 5.56 Å². The highest BCUT2D eigenvalue weighted by atomic mass is 32.2. The lowest BCUT2D eigenvalue weighted by Gasteiger charge is -2.07. The summed E-state index contributed by atoms with van der Waals surface area (Å²) in [5, 5.41) is 0. The van der Waals surface area contributed by atoms with Crippen molar-refractivity contribution < 1.29 is 21.2 Å². The van der Waals surface area contributed by atoms with E-state index < -0.39 is 25.7 Å². The second-order valence-corrected chi connectivity index (χ2v) is 8.48. The van der Waals surface area contributed by atoms with Crippen LogP contribution >= 0.6 is 0 Å². The second-order valence-electron chi connectivity index (χ2n) is 4.69. The van der Waals surface area contributed by atoms with Crippen molar-refractivity contribution in [1.82, 2.24) is 4.72 Å². The maximum atomic E-state index is 12.8. The first-order chi connectivity index (χ1) is 10.2. The van der Waals surface area contributed by atoms with Crippen molar-refractivity contribution in [3.05, 3.63) is 59.9 Å². The first-order valence-electron chi connectivity index (χ1n) is 6.23. The molecule has 8 heteroatoms. The monoisotopic (exact) mass is 343 g/mol. The molecule has 2 aromatic rings. The van der Waals surface area contributed by atoms with E-state index >= 15 is 0 Å². The Hall–Kier alpha value is -1.77. The van der Waals surface area contributed by atoms with Gasteiger partial charge in [0.15, 0.2) is 9.84 Å². The van der Waals surface area contributed by atoms with Crippen molar-refractivity contribution in [2.45, 2.75) is 16.3 Å². The zero-order chi connectivity index (χ0) is 16.4. The SMILES string of the molecule is CS(=O)(=O)c1ccc(S(=O)(=O)NCc2ccc(F)cc2)cc1. The van der Waals surface area contributed by atoms with Crippen LogP contribution in [-0.4, -0.2) is 23.1 Å². The highest BCUT2D eigenvalue weighted by Crippen LogP contribution is 2.14. The van der Waals surface area contributed by atoms with Crippen molar-refractivity contribution in [2.75, 3.05) is 6.26 Å². The van der Waals surface area contributed by atoms with E-state index in [1.807, 2.05) is 0 Å². The molecule has 0 saturated carbocycles. The van der Waals surface area contributed by atoms with Crippen LogP contribution in [-0.2, 0) is 26.4 Å². The number of halogens is 1. The number of hydrogen-bond acceptors (Lipinski definition) is 4. The minimum absolute atomic E-state index is 0.0104. The van der Waals surface area contributed by atoms with Gasteiger partial charge < -0.3 is 0 Å². The first kappa shape index (κ1) is 16.6. The molecule has 118 valence electrons. The predicted octanol–water partition coefficient (Wildman–Crippen LogP) is 1.71. The van der Waals surface area contributed by atoms with Crippen LogP contribution in [0.2, 0.25) is 0 Å². The van der Waals surface area contributed by atoms with Crippen LogP contribution < -0.4 is 4.72 Å². The summed E-state index contributed by atoms with van der Waals surface area (Å²) in [5.74, 6) is -0.400. The van der Waals surface area contributed by atoms with E-state index in [2.05, 4.69) is 4.72 Å². The molecule has 0 aliphatic rings. The van der Waals surface area contributed by atoms with Crippen LogP contribution in [0.5, 0.6) is 0 Å². The minimum atomic E-state index is -3.77. The molecule has 0 radical (unpaired) electrons. The molecule has 0 aliphatic carbocycles. The van der Waals surface area contributed by atoms with Crippen molar-refractivity contribution in [1.29, 1.82) is 0 Å². The minimum Gasteiger partial charge on any atom is -0.224 e. The summed E-state index contributed by atoms with van der Waals surface area (Å²) < 4.78 is 62.0. The number of benzene rings is 2. The Morgan fingerprint density at radius 1 is 0.864 bits per heavy atom. The molecule has 0 bridgehead atoms. The largest absolute Gasteiger partial charge is 0.240 e. The lowest BCUT2D eigenvalue weighted by Crippen LogP contribution is -2.23. The van der Waals surface area contributed by atoms with Gasteiger partial charge in [-0.15, -0.1) is 0 Å². The van der Waals surface area contributed by atoms with Gasteiger partial charge in [-0.1, -0.05) is 12.1 Å². The van der Waals surface area contributed by atoms with E-state index in [1.54, 1.807) is 0 Å². The van der Waals surface area contributed by atoms with Gasteiger partial charge in [-0.25, -0.2) is 25.9 Å². The molecule has 0 heterocycles. The summed E-state index contributed by atoms with van der Waals surface area (Å²) in [4.78, 5) is 0.00648. The molecule has 0 fully saturated rings. The molecule has 22 heavy (non-hydrogen) atoms. The van der Waals surface area contributed by atoms with Crippen molar-refractivity contribution >= 4 is 19.9 Å². The fourth-order valence-electron chi connectivity index (χ4n) is 1.73. The molecule has 0 amide bonds. The van der Waals surface area contributed by atoms with Gasteiger partial charge in [0.2, 0.25) is 10.0 Å². The maximum Gasteiger partial charge on any atom is 0.240 e. The zero-order valence-corrected chi connectivity index (χ0v) is 13.3. The van der Waals surface area contributed by atoms with Crippen molar-refractivity contribution in [3.63, 3.8) is 0 Å². The maximum absolute atomic E-state index is 12.8. The van der Waals surface area contributed by atoms with Gasteiger partial charge in [0, 0.05) is 12.8 Å². The highest BCUT2D eigenvalue weighted by Gasteiger charge is 2.15. The Morgan fingerprint density at radius 2 is 1.36 bits per heavy atom. The number of sulfonamides is 1. The Bertz CT molecular complexity index is 858. The molecular formula is C14H14FNO4S2. The standard InChI is InChI=1S/C14H14FNO4S2/c1-21(17,18)13-6-8-14(9-7-13)22(19,20)16-10-11-2-4-12(15)5-3-11/h2-9,16H,10H2,1H3. The molecule has 0 aliphatic heterocycles. The van der Waals surface area contributed by atoms with Gasteiger partial charge in [0.05, 0.1) is 9.79 Å². The van der Waals surface area contributed by atoms with Crippen LogP contribution in [0.15, 0.2) is 58.3 Å². The molecule has 5 nitrogen and oxygen atoms in total. The Labute approximate surface area is 128 Å². The first-order valence-corrected chi connectivity index (χ1v) is 9.60. The third-order valence-electron chi connectivity index (χ3n) is 2.94. The molecule has 0 aromatic heterocycles. The van der Waals surface area contributed by atoms with Gasteiger partial charge in [-0.2, -0.15) is 0 Å². The smallest absolute Gasteiger partial charge is 0.224 e. The number of sulfone groups is 1. The molecule has 2 aromatic carbocycles. The molecule has 0 saturated heterocycles. The van der Waals surface area contributed by atoms with Gasteiger partial charge in [-0.05, 0) is 42.0 Å². The lowest BCUT2D eigenvalue weighted by molar-refractivity contribution is 0.580. The summed E-state index contributed by atoms with van der Waals surface area (Å²) in [6, 6.07) is 10.4. The highest BCUT2D eigenvalue weighted by molar-refractivity contribution is 7.90. The van der Waals surface area contributed by atoms with Crippen LogP contribution in [0.4, 0.5) is 4.39 Å². The summed E-state index contributed by atoms with van der Waals surface area (Å²) in [5.41, 5.74) is 0.609. The molecule has 0 spiro atoms. The van der Waals surface area contributed by atoms with Crippen LogP contribution in [0.3, 0.4) is 0 Å². The Morgan fingerprint density at radius 3 is 1.86 bits per heavy atom. The molecule has 0 atom stereocenters. The van der Waals surface area contributed by atoms with Crippen molar-refractivity contribution in [3.8, 4) is 0 Å². The topological polar surface area (TPSA) is 80.3 Å². The average Bonchev–Trinajstić information content (AvgIpc) is 2.46. The number of hydrogen-bond donors (Lipinski definition) is 1. The molecule has 1 N–H and O–H groups in total. The van der Waals surface area contributed by atoms with E-state index in [9.17, 15) is 21.2 Å². The van der Waals surface area contributed by atoms with Crippen LogP contribution in [0, 0.1) is 5.82 Å². The normalized spacial score (nSPS) is 12.3. The van der Waals surface area contributed by atoms with E-state index in [4.69, 9.17) is 0 Å². The van der Waals surface area contributed by atoms with Gasteiger partial charge in [0.1, 0.15) is 5.82 Å². The van der Waals surface area contributed by atoms with E-state index in [-0.39, 0.29) is 16.3 Å². The van der Waals surface area contributed by atoms with Crippen LogP contribution in [0.25, 0.3) is 0 Å². The summed E-state index contributed by atoms with van der Waals surface area (Å²) >= 11 is 0. The lowest BCUT2D eigenvalue weighted by atomic mass is 10.2. The fraction of sp³-hybridized carbons (Fsp3) is 0.143. The zero-order valence-electron chi connectivity index (χ0n) is 11.7. The third kappa shape index (κ3) is 4.12.